The molecule has 104 valence electrons. The molecule has 0 saturated carbocycles. The van der Waals surface area contributed by atoms with Gasteiger partial charge in [-0.05, 0) is 18.8 Å². The minimum atomic E-state index is 0.214. The third kappa shape index (κ3) is 5.19. The minimum absolute atomic E-state index is 0.214. The molecule has 1 rings (SSSR count). The summed E-state index contributed by atoms with van der Waals surface area (Å²) in [4.78, 5) is 4.10. The summed E-state index contributed by atoms with van der Waals surface area (Å²) in [5, 5.41) is 3.70. The van der Waals surface area contributed by atoms with Crippen molar-refractivity contribution in [2.45, 2.75) is 52.7 Å². The van der Waals surface area contributed by atoms with Crippen molar-refractivity contribution in [2.75, 3.05) is 13.7 Å². The lowest BCUT2D eigenvalue weighted by Crippen LogP contribution is -2.47. The highest BCUT2D eigenvalue weighted by Gasteiger charge is 2.25. The Balaban J connectivity index is 2.56. The van der Waals surface area contributed by atoms with E-state index < -0.39 is 0 Å². The van der Waals surface area contributed by atoms with Gasteiger partial charge in [0.15, 0.2) is 0 Å². The van der Waals surface area contributed by atoms with Crippen LogP contribution in [0.2, 0.25) is 0 Å². The summed E-state index contributed by atoms with van der Waals surface area (Å²) in [7, 11) is 1.75. The molecule has 0 aliphatic heterocycles. The van der Waals surface area contributed by atoms with Gasteiger partial charge in [-0.1, -0.05) is 20.8 Å². The van der Waals surface area contributed by atoms with E-state index >= 15 is 0 Å². The van der Waals surface area contributed by atoms with Crippen LogP contribution < -0.4 is 5.32 Å². The summed E-state index contributed by atoms with van der Waals surface area (Å²) in [6.07, 6.45) is 6.75. The summed E-state index contributed by atoms with van der Waals surface area (Å²) >= 11 is 0. The van der Waals surface area contributed by atoms with Crippen molar-refractivity contribution in [1.82, 2.24) is 14.9 Å². The molecular formula is C14H27N3O. The Hall–Kier alpha value is -0.870. The number of hydrogen-bond acceptors (Lipinski definition) is 3. The van der Waals surface area contributed by atoms with Crippen LogP contribution in [0.1, 0.15) is 34.1 Å². The molecular weight excluding hydrogens is 226 g/mol. The smallest absolute Gasteiger partial charge is 0.0946 e. The average molecular weight is 253 g/mol. The summed E-state index contributed by atoms with van der Waals surface area (Å²) < 4.78 is 7.26. The van der Waals surface area contributed by atoms with Crippen LogP contribution in [-0.2, 0) is 11.3 Å². The van der Waals surface area contributed by atoms with Gasteiger partial charge >= 0.3 is 0 Å². The van der Waals surface area contributed by atoms with Gasteiger partial charge in [0.1, 0.15) is 0 Å². The number of rotatable bonds is 7. The van der Waals surface area contributed by atoms with Crippen LogP contribution in [0, 0.1) is 5.41 Å². The van der Waals surface area contributed by atoms with Crippen LogP contribution in [0.3, 0.4) is 0 Å². The number of ether oxygens (including phenoxy) is 1. The first-order valence-electron chi connectivity index (χ1n) is 6.64. The van der Waals surface area contributed by atoms with Crippen molar-refractivity contribution in [3.8, 4) is 0 Å². The van der Waals surface area contributed by atoms with Crippen LogP contribution in [-0.4, -0.2) is 35.4 Å². The van der Waals surface area contributed by atoms with E-state index in [1.165, 1.54) is 0 Å². The SMILES string of the molecule is COCCC(C)NC(Cn1ccnc1)C(C)(C)C. The molecule has 2 atom stereocenters. The molecule has 2 unspecified atom stereocenters. The van der Waals surface area contributed by atoms with Gasteiger partial charge in [0.05, 0.1) is 6.33 Å². The second-order valence-electron chi connectivity index (χ2n) is 6.03. The molecule has 0 aliphatic rings. The summed E-state index contributed by atoms with van der Waals surface area (Å²) in [5.41, 5.74) is 0.214. The molecule has 0 saturated heterocycles. The van der Waals surface area contributed by atoms with E-state index in [0.29, 0.717) is 12.1 Å². The Morgan fingerprint density at radius 2 is 2.11 bits per heavy atom. The number of nitrogens with one attached hydrogen (secondary N) is 1. The highest BCUT2D eigenvalue weighted by molar-refractivity contribution is 4.86. The lowest BCUT2D eigenvalue weighted by molar-refractivity contribution is 0.168. The van der Waals surface area contributed by atoms with Gasteiger partial charge in [0.2, 0.25) is 0 Å². The van der Waals surface area contributed by atoms with Gasteiger partial charge in [-0.15, -0.1) is 0 Å². The zero-order valence-electron chi connectivity index (χ0n) is 12.3. The predicted octanol–water partition coefficient (Wildman–Crippen LogP) is 2.31. The maximum absolute atomic E-state index is 5.13. The minimum Gasteiger partial charge on any atom is -0.385 e. The summed E-state index contributed by atoms with van der Waals surface area (Å²) in [5.74, 6) is 0. The van der Waals surface area contributed by atoms with E-state index in [-0.39, 0.29) is 5.41 Å². The maximum atomic E-state index is 5.13. The number of hydrogen-bond donors (Lipinski definition) is 1. The van der Waals surface area contributed by atoms with Crippen molar-refractivity contribution in [3.05, 3.63) is 18.7 Å². The molecule has 0 amide bonds. The van der Waals surface area contributed by atoms with Crippen molar-refractivity contribution < 1.29 is 4.74 Å². The molecule has 0 radical (unpaired) electrons. The fraction of sp³-hybridized carbons (Fsp3) is 0.786. The van der Waals surface area contributed by atoms with E-state index in [4.69, 9.17) is 4.74 Å². The van der Waals surface area contributed by atoms with Gasteiger partial charge in [-0.3, -0.25) is 0 Å². The number of aromatic nitrogens is 2. The van der Waals surface area contributed by atoms with Gasteiger partial charge in [0, 0.05) is 44.7 Å². The van der Waals surface area contributed by atoms with E-state index in [0.717, 1.165) is 19.6 Å². The van der Waals surface area contributed by atoms with Gasteiger partial charge < -0.3 is 14.6 Å². The van der Waals surface area contributed by atoms with E-state index in [1.807, 2.05) is 18.7 Å². The molecule has 1 heterocycles. The topological polar surface area (TPSA) is 39.1 Å². The molecule has 4 heteroatoms. The number of nitrogens with zero attached hydrogens (tertiary/aromatic N) is 2. The Morgan fingerprint density at radius 1 is 1.39 bits per heavy atom. The standard InChI is InChI=1S/C14H27N3O/c1-12(6-9-18-5)16-13(14(2,3)4)10-17-8-7-15-11-17/h7-8,11-13,16H,6,9-10H2,1-5H3. The Kier molecular flexibility index (Phi) is 5.82. The Morgan fingerprint density at radius 3 is 2.61 bits per heavy atom. The van der Waals surface area contributed by atoms with Crippen LogP contribution in [0.4, 0.5) is 0 Å². The van der Waals surface area contributed by atoms with Crippen LogP contribution in [0.25, 0.3) is 0 Å². The molecule has 0 fully saturated rings. The predicted molar refractivity (Wildman–Crippen MR) is 74.6 cm³/mol. The average Bonchev–Trinajstić information content (AvgIpc) is 2.77. The molecule has 1 N–H and O–H groups in total. The first kappa shape index (κ1) is 15.2. The fourth-order valence-electron chi connectivity index (χ4n) is 1.90. The Bertz CT molecular complexity index is 316. The third-order valence-electron chi connectivity index (χ3n) is 3.24. The summed E-state index contributed by atoms with van der Waals surface area (Å²) in [6, 6.07) is 0.872. The highest BCUT2D eigenvalue weighted by Crippen LogP contribution is 2.21. The molecule has 1 aromatic rings. The quantitative estimate of drug-likeness (QED) is 0.810. The van der Waals surface area contributed by atoms with Crippen LogP contribution in [0.5, 0.6) is 0 Å². The number of imidazole rings is 1. The van der Waals surface area contributed by atoms with Crippen molar-refractivity contribution in [1.29, 1.82) is 0 Å². The second-order valence-corrected chi connectivity index (χ2v) is 6.03. The third-order valence-corrected chi connectivity index (χ3v) is 3.24. The van der Waals surface area contributed by atoms with Gasteiger partial charge in [0.25, 0.3) is 0 Å². The Labute approximate surface area is 111 Å². The first-order valence-corrected chi connectivity index (χ1v) is 6.64. The second kappa shape index (κ2) is 6.90. The number of methoxy groups -OCH3 is 1. The van der Waals surface area contributed by atoms with Gasteiger partial charge in [-0.2, -0.15) is 0 Å². The lowest BCUT2D eigenvalue weighted by atomic mass is 9.86. The zero-order chi connectivity index (χ0) is 13.6. The van der Waals surface area contributed by atoms with Crippen LogP contribution in [0.15, 0.2) is 18.7 Å². The van der Waals surface area contributed by atoms with E-state index in [1.54, 1.807) is 7.11 Å². The zero-order valence-corrected chi connectivity index (χ0v) is 12.3. The normalized spacial score (nSPS) is 15.6. The van der Waals surface area contributed by atoms with E-state index in [2.05, 4.69) is 42.6 Å². The molecule has 4 nitrogen and oxygen atoms in total. The molecule has 0 aliphatic carbocycles. The summed E-state index contributed by atoms with van der Waals surface area (Å²) in [6.45, 7) is 10.8. The molecule has 0 aromatic carbocycles. The first-order chi connectivity index (χ1) is 8.43. The molecule has 1 aromatic heterocycles. The highest BCUT2D eigenvalue weighted by atomic mass is 16.5. The van der Waals surface area contributed by atoms with Gasteiger partial charge in [-0.25, -0.2) is 4.98 Å². The van der Waals surface area contributed by atoms with Crippen molar-refractivity contribution in [3.63, 3.8) is 0 Å². The van der Waals surface area contributed by atoms with E-state index in [9.17, 15) is 0 Å². The largest absolute Gasteiger partial charge is 0.385 e. The molecule has 0 spiro atoms. The van der Waals surface area contributed by atoms with Crippen molar-refractivity contribution >= 4 is 0 Å². The molecule has 18 heavy (non-hydrogen) atoms. The van der Waals surface area contributed by atoms with Crippen LogP contribution >= 0.6 is 0 Å². The van der Waals surface area contributed by atoms with Crippen molar-refractivity contribution in [2.24, 2.45) is 5.41 Å². The fourth-order valence-corrected chi connectivity index (χ4v) is 1.90. The monoisotopic (exact) mass is 253 g/mol. The maximum Gasteiger partial charge on any atom is 0.0946 e. The lowest BCUT2D eigenvalue weighted by Gasteiger charge is -2.34. The molecule has 0 bridgehead atoms.